The van der Waals surface area contributed by atoms with Crippen LogP contribution in [0.1, 0.15) is 22.5 Å². The summed E-state index contributed by atoms with van der Waals surface area (Å²) < 4.78 is 4.88. The molecule has 0 aromatic carbocycles. The fourth-order valence-electron chi connectivity index (χ4n) is 1.71. The Hall–Kier alpha value is -2.11. The van der Waals surface area contributed by atoms with Crippen molar-refractivity contribution in [2.24, 2.45) is 0 Å². The fraction of sp³-hybridized carbons (Fsp3) is 0.364. The van der Waals surface area contributed by atoms with Crippen LogP contribution in [0.4, 0.5) is 4.79 Å². The van der Waals surface area contributed by atoms with Gasteiger partial charge in [-0.25, -0.2) is 14.6 Å². The first-order chi connectivity index (χ1) is 8.18. The molecule has 0 unspecified atom stereocenters. The molecule has 1 N–H and O–H groups in total. The molecule has 0 aliphatic carbocycles. The summed E-state index contributed by atoms with van der Waals surface area (Å²) in [5.74, 6) is -1.09. The number of ether oxygens (including phenoxy) is 1. The Labute approximate surface area is 97.8 Å². The maximum Gasteiger partial charge on any atom is 0.410 e. The van der Waals surface area contributed by atoms with Gasteiger partial charge >= 0.3 is 12.1 Å². The third kappa shape index (κ3) is 2.52. The van der Waals surface area contributed by atoms with Crippen molar-refractivity contribution in [2.75, 3.05) is 13.2 Å². The van der Waals surface area contributed by atoms with Crippen molar-refractivity contribution in [2.45, 2.75) is 13.0 Å². The second-order valence-corrected chi connectivity index (χ2v) is 3.71. The molecule has 17 heavy (non-hydrogen) atoms. The van der Waals surface area contributed by atoms with E-state index in [-0.39, 0.29) is 12.2 Å². The van der Waals surface area contributed by atoms with Crippen molar-refractivity contribution >= 4 is 12.1 Å². The van der Waals surface area contributed by atoms with E-state index in [0.717, 1.165) is 6.42 Å². The third-order valence-electron chi connectivity index (χ3n) is 2.51. The largest absolute Gasteiger partial charge is 0.477 e. The van der Waals surface area contributed by atoms with E-state index in [0.29, 0.717) is 18.7 Å². The van der Waals surface area contributed by atoms with E-state index in [4.69, 9.17) is 9.84 Å². The average molecular weight is 236 g/mol. The van der Waals surface area contributed by atoms with Crippen molar-refractivity contribution in [1.29, 1.82) is 0 Å². The molecule has 2 heterocycles. The summed E-state index contributed by atoms with van der Waals surface area (Å²) in [5, 5.41) is 8.96. The lowest BCUT2D eigenvalue weighted by Crippen LogP contribution is -2.37. The Kier molecular flexibility index (Phi) is 3.22. The number of aromatic carboxylic acids is 1. The molecule has 1 saturated heterocycles. The van der Waals surface area contributed by atoms with Gasteiger partial charge in [-0.05, 0) is 12.5 Å². The zero-order chi connectivity index (χ0) is 12.3. The highest BCUT2D eigenvalue weighted by Crippen LogP contribution is 2.13. The first-order valence-electron chi connectivity index (χ1n) is 5.27. The zero-order valence-electron chi connectivity index (χ0n) is 9.13. The fourth-order valence-corrected chi connectivity index (χ4v) is 1.71. The number of hydrogen-bond donors (Lipinski definition) is 1. The molecule has 1 aromatic rings. The maximum absolute atomic E-state index is 11.4. The number of carboxylic acids is 1. The van der Waals surface area contributed by atoms with Crippen LogP contribution < -0.4 is 0 Å². The number of carbonyl (C=O) groups excluding carboxylic acids is 1. The Balaban J connectivity index is 2.17. The predicted octanol–water partition coefficient (Wildman–Crippen LogP) is 1.12. The van der Waals surface area contributed by atoms with Crippen LogP contribution in [0.2, 0.25) is 0 Å². The molecule has 1 fully saturated rings. The Morgan fingerprint density at radius 1 is 1.59 bits per heavy atom. The van der Waals surface area contributed by atoms with E-state index in [1.807, 2.05) is 0 Å². The normalized spacial score (nSPS) is 15.5. The van der Waals surface area contributed by atoms with Crippen LogP contribution in [-0.2, 0) is 11.3 Å². The number of aromatic nitrogens is 1. The van der Waals surface area contributed by atoms with Gasteiger partial charge in [-0.2, -0.15) is 0 Å². The van der Waals surface area contributed by atoms with Gasteiger partial charge in [-0.1, -0.05) is 6.07 Å². The number of hydrogen-bond acceptors (Lipinski definition) is 4. The van der Waals surface area contributed by atoms with Crippen LogP contribution in [-0.4, -0.2) is 40.2 Å². The first-order valence-corrected chi connectivity index (χ1v) is 5.27. The highest BCUT2D eigenvalue weighted by molar-refractivity contribution is 5.87. The molecule has 1 aliphatic heterocycles. The average Bonchev–Trinajstić information content (AvgIpc) is 2.32. The minimum atomic E-state index is -1.09. The molecule has 0 bridgehead atoms. The van der Waals surface area contributed by atoms with Crippen LogP contribution >= 0.6 is 0 Å². The molecule has 0 spiro atoms. The zero-order valence-corrected chi connectivity index (χ0v) is 9.13. The van der Waals surface area contributed by atoms with Crippen LogP contribution in [0, 0.1) is 0 Å². The third-order valence-corrected chi connectivity index (χ3v) is 2.51. The molecule has 0 radical (unpaired) electrons. The first kappa shape index (κ1) is 11.4. The quantitative estimate of drug-likeness (QED) is 0.850. The van der Waals surface area contributed by atoms with Crippen molar-refractivity contribution in [3.63, 3.8) is 0 Å². The number of rotatable bonds is 3. The molecular weight excluding hydrogens is 224 g/mol. The van der Waals surface area contributed by atoms with Gasteiger partial charge in [0, 0.05) is 18.3 Å². The molecule has 2 rings (SSSR count). The van der Waals surface area contributed by atoms with E-state index >= 15 is 0 Å². The number of nitrogens with zero attached hydrogens (tertiary/aromatic N) is 2. The van der Waals surface area contributed by atoms with Crippen LogP contribution in [0.3, 0.4) is 0 Å². The Morgan fingerprint density at radius 3 is 3.12 bits per heavy atom. The van der Waals surface area contributed by atoms with Gasteiger partial charge in [0.25, 0.3) is 0 Å². The molecule has 0 atom stereocenters. The topological polar surface area (TPSA) is 79.7 Å². The van der Waals surface area contributed by atoms with Crippen molar-refractivity contribution in [3.8, 4) is 0 Å². The molecular formula is C11H12N2O4. The summed E-state index contributed by atoms with van der Waals surface area (Å²) in [4.78, 5) is 27.6. The second-order valence-electron chi connectivity index (χ2n) is 3.71. The number of carbonyl (C=O) groups is 2. The lowest BCUT2D eigenvalue weighted by Gasteiger charge is -2.26. The molecule has 0 saturated carbocycles. The van der Waals surface area contributed by atoms with Crippen LogP contribution in [0.5, 0.6) is 0 Å². The van der Waals surface area contributed by atoms with Crippen molar-refractivity contribution in [3.05, 3.63) is 29.6 Å². The summed E-state index contributed by atoms with van der Waals surface area (Å²) in [7, 11) is 0. The summed E-state index contributed by atoms with van der Waals surface area (Å²) in [6, 6.07) is 3.30. The number of pyridine rings is 1. The molecule has 1 amide bonds. The summed E-state index contributed by atoms with van der Waals surface area (Å²) in [6.45, 7) is 1.22. The smallest absolute Gasteiger partial charge is 0.410 e. The molecule has 6 nitrogen and oxygen atoms in total. The second kappa shape index (κ2) is 4.82. The summed E-state index contributed by atoms with van der Waals surface area (Å²) in [6.07, 6.45) is 1.77. The van der Waals surface area contributed by atoms with Gasteiger partial charge < -0.3 is 14.7 Å². The highest BCUT2D eigenvalue weighted by atomic mass is 16.6. The minimum Gasteiger partial charge on any atom is -0.477 e. The number of cyclic esters (lactones) is 1. The van der Waals surface area contributed by atoms with Gasteiger partial charge in [0.1, 0.15) is 0 Å². The Morgan fingerprint density at radius 2 is 2.41 bits per heavy atom. The number of amides is 1. The van der Waals surface area contributed by atoms with E-state index in [9.17, 15) is 9.59 Å². The van der Waals surface area contributed by atoms with E-state index in [1.165, 1.54) is 11.1 Å². The van der Waals surface area contributed by atoms with Gasteiger partial charge in [0.15, 0.2) is 5.69 Å². The maximum atomic E-state index is 11.4. The van der Waals surface area contributed by atoms with Gasteiger partial charge in [-0.3, -0.25) is 0 Å². The van der Waals surface area contributed by atoms with E-state index in [2.05, 4.69) is 4.98 Å². The minimum absolute atomic E-state index is 0.0223. The standard InChI is InChI=1S/C11H12N2O4/c14-10(15)9-8(3-1-4-12-9)7-13-5-2-6-17-11(13)16/h1,3-4H,2,5-7H2,(H,14,15). The van der Waals surface area contributed by atoms with Gasteiger partial charge in [0.05, 0.1) is 13.2 Å². The Bertz CT molecular complexity index is 447. The highest BCUT2D eigenvalue weighted by Gasteiger charge is 2.22. The lowest BCUT2D eigenvalue weighted by molar-refractivity contribution is 0.0655. The molecule has 1 aromatic heterocycles. The van der Waals surface area contributed by atoms with Gasteiger partial charge in [0.2, 0.25) is 0 Å². The predicted molar refractivity (Wildman–Crippen MR) is 57.6 cm³/mol. The SMILES string of the molecule is O=C(O)c1ncccc1CN1CCCOC1=O. The lowest BCUT2D eigenvalue weighted by atomic mass is 10.1. The molecule has 90 valence electrons. The van der Waals surface area contributed by atoms with Crippen LogP contribution in [0.15, 0.2) is 18.3 Å². The van der Waals surface area contributed by atoms with Crippen molar-refractivity contribution in [1.82, 2.24) is 9.88 Å². The molecule has 6 heteroatoms. The van der Waals surface area contributed by atoms with E-state index < -0.39 is 12.1 Å². The number of carboxylic acid groups (broad SMARTS) is 1. The van der Waals surface area contributed by atoms with E-state index in [1.54, 1.807) is 12.1 Å². The summed E-state index contributed by atoms with van der Waals surface area (Å²) >= 11 is 0. The van der Waals surface area contributed by atoms with Crippen molar-refractivity contribution < 1.29 is 19.4 Å². The monoisotopic (exact) mass is 236 g/mol. The van der Waals surface area contributed by atoms with Gasteiger partial charge in [-0.15, -0.1) is 0 Å². The van der Waals surface area contributed by atoms with Crippen LogP contribution in [0.25, 0.3) is 0 Å². The summed E-state index contributed by atoms with van der Waals surface area (Å²) in [5.41, 5.74) is 0.490. The molecule has 1 aliphatic rings.